The molecule has 36 heavy (non-hydrogen) atoms. The minimum atomic E-state index is 0.535. The molecular weight excluding hydrogens is 654 g/mol. The molecule has 0 bridgehead atoms. The van der Waals surface area contributed by atoms with Gasteiger partial charge in [-0.2, -0.15) is 0 Å². The molecule has 0 radical (unpaired) electrons. The molecule has 0 spiro atoms. The Bertz CT molecular complexity index is 1650. The van der Waals surface area contributed by atoms with Crippen LogP contribution in [0.25, 0.3) is 51.5 Å². The van der Waals surface area contributed by atoms with Gasteiger partial charge in [-0.1, -0.05) is 84.2 Å². The van der Waals surface area contributed by atoms with Crippen LogP contribution in [0.4, 0.5) is 0 Å². The van der Waals surface area contributed by atoms with Gasteiger partial charge in [-0.25, -0.2) is 13.2 Å². The predicted octanol–water partition coefficient (Wildman–Crippen LogP) is 6.10. The molecule has 0 N–H and O–H groups in total. The SMILES string of the molecule is Brc1ccc(-c2nnc3n2c2nnc(-c4ccc(Br)cc4)n2c2nnc(-c4ccc(Br)cc4)n32)cc1. The molecule has 7 aromatic rings. The number of hydrogen-bond donors (Lipinski definition) is 0. The number of fused-ring (bicyclic) bond motifs is 6. The monoisotopic (exact) mass is 663 g/mol. The van der Waals surface area contributed by atoms with E-state index in [9.17, 15) is 0 Å². The molecule has 0 saturated carbocycles. The van der Waals surface area contributed by atoms with E-state index in [1.54, 1.807) is 0 Å². The van der Waals surface area contributed by atoms with Crippen molar-refractivity contribution in [2.24, 2.45) is 0 Å². The van der Waals surface area contributed by atoms with E-state index < -0.39 is 0 Å². The average molecular weight is 666 g/mol. The van der Waals surface area contributed by atoms with Crippen LogP contribution in [-0.4, -0.2) is 43.8 Å². The summed E-state index contributed by atoms with van der Waals surface area (Å²) in [7, 11) is 0. The Morgan fingerprint density at radius 1 is 0.361 bits per heavy atom. The van der Waals surface area contributed by atoms with E-state index in [4.69, 9.17) is 0 Å². The summed E-state index contributed by atoms with van der Waals surface area (Å²) < 4.78 is 8.59. The van der Waals surface area contributed by atoms with Crippen LogP contribution in [0.3, 0.4) is 0 Å². The fraction of sp³-hybridized carbons (Fsp3) is 0. The number of aromatic nitrogens is 9. The summed E-state index contributed by atoms with van der Waals surface area (Å²) in [6.07, 6.45) is 0. The lowest BCUT2D eigenvalue weighted by Crippen LogP contribution is -2.07. The van der Waals surface area contributed by atoms with Crippen LogP contribution in [0.2, 0.25) is 0 Å². The summed E-state index contributed by atoms with van der Waals surface area (Å²) in [4.78, 5) is 0. The molecule has 4 aromatic heterocycles. The Balaban J connectivity index is 1.62. The van der Waals surface area contributed by atoms with Gasteiger partial charge in [-0.15, -0.1) is 30.6 Å². The van der Waals surface area contributed by atoms with Crippen LogP contribution < -0.4 is 0 Å². The molecule has 0 fully saturated rings. The van der Waals surface area contributed by atoms with Crippen molar-refractivity contribution in [3.05, 3.63) is 86.2 Å². The van der Waals surface area contributed by atoms with Gasteiger partial charge in [0.15, 0.2) is 17.5 Å². The van der Waals surface area contributed by atoms with Crippen molar-refractivity contribution < 1.29 is 0 Å². The van der Waals surface area contributed by atoms with Gasteiger partial charge in [0, 0.05) is 30.1 Å². The molecule has 174 valence electrons. The zero-order chi connectivity index (χ0) is 24.4. The first-order valence-electron chi connectivity index (χ1n) is 10.7. The lowest BCUT2D eigenvalue weighted by atomic mass is 10.2. The molecular formula is C24H12Br3N9. The van der Waals surface area contributed by atoms with Crippen LogP contribution >= 0.6 is 47.8 Å². The molecule has 0 unspecified atom stereocenters. The van der Waals surface area contributed by atoms with Crippen molar-refractivity contribution in [2.45, 2.75) is 0 Å². The van der Waals surface area contributed by atoms with Gasteiger partial charge in [-0.05, 0) is 36.4 Å². The summed E-state index contributed by atoms with van der Waals surface area (Å²) in [6, 6.07) is 23.7. The van der Waals surface area contributed by atoms with E-state index >= 15 is 0 Å². The Kier molecular flexibility index (Phi) is 5.01. The number of benzene rings is 3. The highest BCUT2D eigenvalue weighted by molar-refractivity contribution is 9.11. The molecule has 0 amide bonds. The maximum atomic E-state index is 4.55. The maximum absolute atomic E-state index is 4.55. The van der Waals surface area contributed by atoms with Crippen molar-refractivity contribution in [3.63, 3.8) is 0 Å². The molecule has 3 aromatic carbocycles. The first-order chi connectivity index (χ1) is 17.6. The zero-order valence-electron chi connectivity index (χ0n) is 18.1. The second-order valence-corrected chi connectivity index (χ2v) is 10.7. The maximum Gasteiger partial charge on any atom is 0.247 e. The summed E-state index contributed by atoms with van der Waals surface area (Å²) in [5, 5.41) is 27.3. The van der Waals surface area contributed by atoms with E-state index in [-0.39, 0.29) is 0 Å². The standard InChI is InChI=1S/C24H12Br3N9/c25-16-7-1-13(2-8-16)19-28-31-22-34(19)23-32-29-20(14-3-9-17(26)10-4-14)36(23)24-33-30-21(35(22)24)15-5-11-18(27)12-6-15/h1-12H. The van der Waals surface area contributed by atoms with E-state index in [2.05, 4.69) is 78.4 Å². The van der Waals surface area contributed by atoms with Gasteiger partial charge < -0.3 is 0 Å². The highest BCUT2D eigenvalue weighted by Crippen LogP contribution is 2.29. The van der Waals surface area contributed by atoms with Crippen molar-refractivity contribution in [1.29, 1.82) is 0 Å². The van der Waals surface area contributed by atoms with Gasteiger partial charge >= 0.3 is 0 Å². The van der Waals surface area contributed by atoms with E-state index in [0.717, 1.165) is 30.1 Å². The third-order valence-electron chi connectivity index (χ3n) is 5.85. The van der Waals surface area contributed by atoms with Gasteiger partial charge in [0.2, 0.25) is 17.3 Å². The summed E-state index contributed by atoms with van der Waals surface area (Å²) >= 11 is 10.5. The second-order valence-electron chi connectivity index (χ2n) is 8.00. The van der Waals surface area contributed by atoms with Crippen molar-refractivity contribution >= 4 is 65.1 Å². The number of hydrogen-bond acceptors (Lipinski definition) is 6. The van der Waals surface area contributed by atoms with E-state index in [1.165, 1.54) is 0 Å². The van der Waals surface area contributed by atoms with E-state index in [1.807, 2.05) is 86.0 Å². The quantitative estimate of drug-likeness (QED) is 0.227. The largest absolute Gasteiger partial charge is 0.247 e. The van der Waals surface area contributed by atoms with Gasteiger partial charge in [0.25, 0.3) is 0 Å². The highest BCUT2D eigenvalue weighted by Gasteiger charge is 2.24. The Morgan fingerprint density at radius 3 is 0.861 bits per heavy atom. The van der Waals surface area contributed by atoms with Crippen molar-refractivity contribution in [2.75, 3.05) is 0 Å². The van der Waals surface area contributed by atoms with Crippen LogP contribution in [0.15, 0.2) is 86.2 Å². The number of nitrogens with zero attached hydrogens (tertiary/aromatic N) is 9. The minimum absolute atomic E-state index is 0.535. The van der Waals surface area contributed by atoms with E-state index in [0.29, 0.717) is 34.8 Å². The second kappa shape index (κ2) is 8.29. The minimum Gasteiger partial charge on any atom is -0.227 e. The fourth-order valence-corrected chi connectivity index (χ4v) is 4.97. The van der Waals surface area contributed by atoms with Crippen LogP contribution in [-0.2, 0) is 0 Å². The Morgan fingerprint density at radius 2 is 0.611 bits per heavy atom. The van der Waals surface area contributed by atoms with Gasteiger partial charge in [-0.3, -0.25) is 0 Å². The molecule has 12 heteroatoms. The lowest BCUT2D eigenvalue weighted by molar-refractivity contribution is 0.982. The Labute approximate surface area is 228 Å². The van der Waals surface area contributed by atoms with Crippen molar-refractivity contribution in [3.8, 4) is 34.2 Å². The third kappa shape index (κ3) is 3.32. The smallest absolute Gasteiger partial charge is 0.227 e. The molecule has 0 aliphatic rings. The Hall–Kier alpha value is -3.48. The molecule has 7 rings (SSSR count). The molecule has 0 aliphatic carbocycles. The molecule has 4 heterocycles. The first-order valence-corrected chi connectivity index (χ1v) is 13.1. The lowest BCUT2D eigenvalue weighted by Gasteiger charge is -2.08. The predicted molar refractivity (Wildman–Crippen MR) is 145 cm³/mol. The average Bonchev–Trinajstić information content (AvgIpc) is 3.62. The van der Waals surface area contributed by atoms with Gasteiger partial charge in [0.1, 0.15) is 0 Å². The molecule has 0 atom stereocenters. The van der Waals surface area contributed by atoms with Crippen LogP contribution in [0.5, 0.6) is 0 Å². The molecule has 0 saturated heterocycles. The van der Waals surface area contributed by atoms with Gasteiger partial charge in [0.05, 0.1) is 0 Å². The van der Waals surface area contributed by atoms with Crippen LogP contribution in [0, 0.1) is 0 Å². The topological polar surface area (TPSA) is 90.6 Å². The number of halogens is 3. The van der Waals surface area contributed by atoms with Crippen molar-refractivity contribution in [1.82, 2.24) is 43.8 Å². The third-order valence-corrected chi connectivity index (χ3v) is 7.43. The summed E-state index contributed by atoms with van der Waals surface area (Å²) in [5.41, 5.74) is 2.66. The fourth-order valence-electron chi connectivity index (χ4n) is 4.17. The normalized spacial score (nSPS) is 11.8. The molecule has 9 nitrogen and oxygen atoms in total. The van der Waals surface area contributed by atoms with Crippen LogP contribution in [0.1, 0.15) is 0 Å². The zero-order valence-corrected chi connectivity index (χ0v) is 22.8. The number of rotatable bonds is 3. The highest BCUT2D eigenvalue weighted by atomic mass is 79.9. The summed E-state index contributed by atoms with van der Waals surface area (Å²) in [6.45, 7) is 0. The first kappa shape index (κ1) is 21.8. The molecule has 0 aliphatic heterocycles. The summed E-state index contributed by atoms with van der Waals surface area (Å²) in [5.74, 6) is 3.51.